The van der Waals surface area contributed by atoms with E-state index in [1.54, 1.807) is 7.11 Å². The minimum atomic E-state index is 0.237. The first-order valence-electron chi connectivity index (χ1n) is 5.98. The number of halogens is 1. The van der Waals surface area contributed by atoms with Crippen molar-refractivity contribution in [3.8, 4) is 17.4 Å². The van der Waals surface area contributed by atoms with E-state index in [1.165, 1.54) is 7.11 Å². The van der Waals surface area contributed by atoms with E-state index in [0.717, 1.165) is 5.56 Å². The van der Waals surface area contributed by atoms with Crippen molar-refractivity contribution in [2.45, 2.75) is 13.5 Å². The summed E-state index contributed by atoms with van der Waals surface area (Å²) in [5, 5.41) is 8.04. The summed E-state index contributed by atoms with van der Waals surface area (Å²) in [5.74, 6) is 1.37. The van der Waals surface area contributed by atoms with Gasteiger partial charge in [0.15, 0.2) is 10.9 Å². The second-order valence-corrected chi connectivity index (χ2v) is 4.47. The van der Waals surface area contributed by atoms with Gasteiger partial charge in [0.2, 0.25) is 0 Å². The summed E-state index contributed by atoms with van der Waals surface area (Å²) in [6.45, 7) is 2.21. The fourth-order valence-corrected chi connectivity index (χ4v) is 1.92. The number of ether oxygens (including phenoxy) is 3. The van der Waals surface area contributed by atoms with Gasteiger partial charge in [-0.3, -0.25) is 0 Å². The van der Waals surface area contributed by atoms with Crippen LogP contribution in [0.3, 0.4) is 0 Å². The zero-order chi connectivity index (χ0) is 14.5. The molecule has 0 bridgehead atoms. The van der Waals surface area contributed by atoms with Crippen molar-refractivity contribution >= 4 is 11.6 Å². The van der Waals surface area contributed by atoms with Crippen molar-refractivity contribution in [3.63, 3.8) is 0 Å². The maximum Gasteiger partial charge on any atom is 0.282 e. The Morgan fingerprint density at radius 2 is 1.90 bits per heavy atom. The summed E-state index contributed by atoms with van der Waals surface area (Å²) in [5.41, 5.74) is 1.59. The standard InChI is InChI=1S/C14H15ClN2O3/c1-9-6-4-5-7-11(9)20-14-12(19-3)10(8-18-2)13(15)16-17-14/h4-7H,8H2,1-3H3. The average molecular weight is 295 g/mol. The highest BCUT2D eigenvalue weighted by Crippen LogP contribution is 2.36. The van der Waals surface area contributed by atoms with Gasteiger partial charge in [-0.15, -0.1) is 10.2 Å². The molecule has 0 saturated heterocycles. The molecule has 0 unspecified atom stereocenters. The molecular weight excluding hydrogens is 280 g/mol. The minimum Gasteiger partial charge on any atom is -0.491 e. The van der Waals surface area contributed by atoms with Crippen LogP contribution in [0.2, 0.25) is 5.15 Å². The Balaban J connectivity index is 2.42. The van der Waals surface area contributed by atoms with Crippen LogP contribution in [0.5, 0.6) is 17.4 Å². The van der Waals surface area contributed by atoms with Crippen LogP contribution in [-0.4, -0.2) is 24.4 Å². The summed E-state index contributed by atoms with van der Waals surface area (Å²) in [6.07, 6.45) is 0. The Morgan fingerprint density at radius 3 is 2.55 bits per heavy atom. The van der Waals surface area contributed by atoms with E-state index < -0.39 is 0 Å². The second kappa shape index (κ2) is 6.54. The van der Waals surface area contributed by atoms with Gasteiger partial charge >= 0.3 is 0 Å². The fourth-order valence-electron chi connectivity index (χ4n) is 1.74. The number of hydrogen-bond acceptors (Lipinski definition) is 5. The topological polar surface area (TPSA) is 53.5 Å². The van der Waals surface area contributed by atoms with Gasteiger partial charge in [-0.25, -0.2) is 0 Å². The minimum absolute atomic E-state index is 0.237. The molecule has 5 nitrogen and oxygen atoms in total. The maximum absolute atomic E-state index is 6.00. The summed E-state index contributed by atoms with van der Waals surface area (Å²) >= 11 is 6.00. The molecule has 0 radical (unpaired) electrons. The molecule has 0 spiro atoms. The molecule has 0 aliphatic carbocycles. The first kappa shape index (κ1) is 14.6. The van der Waals surface area contributed by atoms with Gasteiger partial charge in [0.1, 0.15) is 5.75 Å². The van der Waals surface area contributed by atoms with Gasteiger partial charge in [-0.2, -0.15) is 0 Å². The monoisotopic (exact) mass is 294 g/mol. The number of benzene rings is 1. The normalized spacial score (nSPS) is 10.4. The average Bonchev–Trinajstić information content (AvgIpc) is 2.45. The molecule has 1 aromatic heterocycles. The quantitative estimate of drug-likeness (QED) is 0.846. The van der Waals surface area contributed by atoms with Crippen LogP contribution in [0.4, 0.5) is 0 Å². The Hall–Kier alpha value is -1.85. The first-order valence-corrected chi connectivity index (χ1v) is 6.36. The number of para-hydroxylation sites is 1. The van der Waals surface area contributed by atoms with Crippen molar-refractivity contribution in [2.24, 2.45) is 0 Å². The van der Waals surface area contributed by atoms with E-state index in [4.69, 9.17) is 25.8 Å². The van der Waals surface area contributed by atoms with E-state index in [1.807, 2.05) is 31.2 Å². The lowest BCUT2D eigenvalue weighted by atomic mass is 10.2. The lowest BCUT2D eigenvalue weighted by Crippen LogP contribution is -2.03. The molecule has 0 aliphatic heterocycles. The van der Waals surface area contributed by atoms with E-state index in [9.17, 15) is 0 Å². The van der Waals surface area contributed by atoms with E-state index >= 15 is 0 Å². The van der Waals surface area contributed by atoms with Gasteiger partial charge in [0.25, 0.3) is 5.88 Å². The highest BCUT2D eigenvalue weighted by Gasteiger charge is 2.18. The Morgan fingerprint density at radius 1 is 1.15 bits per heavy atom. The van der Waals surface area contributed by atoms with E-state index in [2.05, 4.69) is 10.2 Å². The maximum atomic E-state index is 6.00. The number of nitrogens with zero attached hydrogens (tertiary/aromatic N) is 2. The van der Waals surface area contributed by atoms with E-state index in [-0.39, 0.29) is 17.6 Å². The Kier molecular flexibility index (Phi) is 4.76. The molecular formula is C14H15ClN2O3. The van der Waals surface area contributed by atoms with Crippen LogP contribution >= 0.6 is 11.6 Å². The van der Waals surface area contributed by atoms with Crippen LogP contribution in [-0.2, 0) is 11.3 Å². The van der Waals surface area contributed by atoms with E-state index in [0.29, 0.717) is 17.1 Å². The molecule has 6 heteroatoms. The summed E-state index contributed by atoms with van der Waals surface area (Å²) < 4.78 is 16.2. The molecule has 0 amide bonds. The first-order chi connectivity index (χ1) is 9.67. The fraction of sp³-hybridized carbons (Fsp3) is 0.286. The molecule has 0 fully saturated rings. The SMILES string of the molecule is COCc1c(Cl)nnc(Oc2ccccc2C)c1OC. The highest BCUT2D eigenvalue weighted by atomic mass is 35.5. The number of methoxy groups -OCH3 is 2. The molecule has 0 saturated carbocycles. The van der Waals surface area contributed by atoms with Gasteiger partial charge in [-0.1, -0.05) is 29.8 Å². The second-order valence-electron chi connectivity index (χ2n) is 4.11. The zero-order valence-electron chi connectivity index (χ0n) is 11.5. The summed E-state index contributed by atoms with van der Waals surface area (Å²) in [7, 11) is 3.09. The number of rotatable bonds is 5. The van der Waals surface area contributed by atoms with Crippen LogP contribution in [0.1, 0.15) is 11.1 Å². The lowest BCUT2D eigenvalue weighted by molar-refractivity contribution is 0.180. The van der Waals surface area contributed by atoms with Crippen LogP contribution in [0, 0.1) is 6.92 Å². The Bertz CT molecular complexity index is 605. The van der Waals surface area contributed by atoms with Gasteiger partial charge in [0.05, 0.1) is 19.3 Å². The van der Waals surface area contributed by atoms with Crippen molar-refractivity contribution in [3.05, 3.63) is 40.5 Å². The number of hydrogen-bond donors (Lipinski definition) is 0. The smallest absolute Gasteiger partial charge is 0.282 e. The largest absolute Gasteiger partial charge is 0.491 e. The van der Waals surface area contributed by atoms with Gasteiger partial charge in [0, 0.05) is 7.11 Å². The van der Waals surface area contributed by atoms with Gasteiger partial charge in [-0.05, 0) is 18.6 Å². The molecule has 2 aromatic rings. The van der Waals surface area contributed by atoms with Crippen molar-refractivity contribution in [2.75, 3.05) is 14.2 Å². The molecule has 0 aliphatic rings. The number of aryl methyl sites for hydroxylation is 1. The van der Waals surface area contributed by atoms with Crippen LogP contribution in [0.15, 0.2) is 24.3 Å². The van der Waals surface area contributed by atoms with Crippen molar-refractivity contribution < 1.29 is 14.2 Å². The van der Waals surface area contributed by atoms with Gasteiger partial charge < -0.3 is 14.2 Å². The van der Waals surface area contributed by atoms with Crippen LogP contribution in [0.25, 0.3) is 0 Å². The zero-order valence-corrected chi connectivity index (χ0v) is 12.3. The summed E-state index contributed by atoms with van der Waals surface area (Å²) in [4.78, 5) is 0. The third-order valence-electron chi connectivity index (χ3n) is 2.74. The molecule has 2 rings (SSSR count). The number of aromatic nitrogens is 2. The molecule has 0 N–H and O–H groups in total. The predicted molar refractivity (Wildman–Crippen MR) is 75.6 cm³/mol. The molecule has 0 atom stereocenters. The summed E-state index contributed by atoms with van der Waals surface area (Å²) in [6, 6.07) is 7.61. The highest BCUT2D eigenvalue weighted by molar-refractivity contribution is 6.30. The van der Waals surface area contributed by atoms with Crippen LogP contribution < -0.4 is 9.47 Å². The molecule has 1 aromatic carbocycles. The van der Waals surface area contributed by atoms with Crippen molar-refractivity contribution in [1.29, 1.82) is 0 Å². The Labute approximate surface area is 122 Å². The molecule has 1 heterocycles. The third kappa shape index (κ3) is 3.00. The predicted octanol–water partition coefficient (Wildman–Crippen LogP) is 3.39. The molecule has 106 valence electrons. The lowest BCUT2D eigenvalue weighted by Gasteiger charge is -2.14. The van der Waals surface area contributed by atoms with Crippen molar-refractivity contribution in [1.82, 2.24) is 10.2 Å². The third-order valence-corrected chi connectivity index (χ3v) is 3.04. The molecule has 20 heavy (non-hydrogen) atoms.